The van der Waals surface area contributed by atoms with Crippen LogP contribution in [0.4, 0.5) is 4.79 Å². The highest BCUT2D eigenvalue weighted by Crippen LogP contribution is 2.28. The van der Waals surface area contributed by atoms with Gasteiger partial charge in [-0.3, -0.25) is 4.79 Å². The minimum Gasteiger partial charge on any atom is -0.512 e. The van der Waals surface area contributed by atoms with Crippen LogP contribution in [0.25, 0.3) is 5.57 Å². The third-order valence-corrected chi connectivity index (χ3v) is 5.48. The third kappa shape index (κ3) is 9.59. The number of aliphatic hydroxyl groups excluding tert-OH is 2. The molecule has 0 atom stereocenters. The van der Waals surface area contributed by atoms with E-state index < -0.39 is 17.7 Å². The monoisotopic (exact) mass is 525 g/mol. The second-order valence-corrected chi connectivity index (χ2v) is 9.69. The molecule has 0 aliphatic rings. The highest BCUT2D eigenvalue weighted by molar-refractivity contribution is 5.77. The summed E-state index contributed by atoms with van der Waals surface area (Å²) in [6, 6.07) is 12.6. The number of rotatable bonds is 11. The second kappa shape index (κ2) is 14.2. The molecule has 2 rings (SSSR count). The van der Waals surface area contributed by atoms with Crippen molar-refractivity contribution in [2.75, 3.05) is 7.11 Å². The number of amides is 1. The van der Waals surface area contributed by atoms with Crippen molar-refractivity contribution in [3.63, 3.8) is 0 Å². The summed E-state index contributed by atoms with van der Waals surface area (Å²) < 4.78 is 16.3. The van der Waals surface area contributed by atoms with Gasteiger partial charge in [0.25, 0.3) is 0 Å². The molecule has 38 heavy (non-hydrogen) atoms. The van der Waals surface area contributed by atoms with Crippen molar-refractivity contribution in [3.05, 3.63) is 82.3 Å². The summed E-state index contributed by atoms with van der Waals surface area (Å²) in [6.45, 7) is 9.28. The topological polar surface area (TPSA) is 114 Å². The van der Waals surface area contributed by atoms with Crippen LogP contribution in [0.3, 0.4) is 0 Å². The Morgan fingerprint density at radius 2 is 1.76 bits per heavy atom. The average molecular weight is 526 g/mol. The summed E-state index contributed by atoms with van der Waals surface area (Å²) in [7, 11) is 1.32. The third-order valence-electron chi connectivity index (χ3n) is 5.48. The predicted molar refractivity (Wildman–Crippen MR) is 146 cm³/mol. The lowest BCUT2D eigenvalue weighted by molar-refractivity contribution is -0.139. The van der Waals surface area contributed by atoms with Crippen molar-refractivity contribution < 1.29 is 34.0 Å². The molecule has 0 spiro atoms. The molecular weight excluding hydrogens is 486 g/mol. The van der Waals surface area contributed by atoms with Crippen LogP contribution < -0.4 is 10.1 Å². The average Bonchev–Trinajstić information content (AvgIpc) is 2.89. The Morgan fingerprint density at radius 3 is 2.37 bits per heavy atom. The van der Waals surface area contributed by atoms with Crippen LogP contribution in [-0.4, -0.2) is 35.0 Å². The maximum Gasteiger partial charge on any atom is 0.407 e. The standard InChI is InChI=1S/C30H39NO7/c1-7-24(37-27-13-12-21(19-32)15-23(27)16-28(34)36-6)17-25(26(33)8-2)22-11-9-10-20(14-22)18-31-29(35)38-30(3,4)5/h9-15,17,32-33H,7-8,16,18-19H2,1-6H3,(H,31,35)/b24-17+,26-25-. The quantitative estimate of drug-likeness (QED) is 0.188. The van der Waals surface area contributed by atoms with Crippen LogP contribution >= 0.6 is 0 Å². The zero-order chi connectivity index (χ0) is 28.3. The molecule has 0 aromatic heterocycles. The fourth-order valence-electron chi connectivity index (χ4n) is 3.56. The number of carbonyl (C=O) groups is 2. The van der Waals surface area contributed by atoms with Crippen molar-refractivity contribution in [1.29, 1.82) is 0 Å². The molecule has 0 unspecified atom stereocenters. The Balaban J connectivity index is 2.36. The summed E-state index contributed by atoms with van der Waals surface area (Å²) >= 11 is 0. The van der Waals surface area contributed by atoms with Crippen molar-refractivity contribution in [1.82, 2.24) is 5.32 Å². The van der Waals surface area contributed by atoms with Gasteiger partial charge in [-0.2, -0.15) is 0 Å². The first kappa shape index (κ1) is 30.4. The van der Waals surface area contributed by atoms with E-state index in [0.717, 1.165) is 11.1 Å². The lowest BCUT2D eigenvalue weighted by atomic mass is 9.99. The second-order valence-electron chi connectivity index (χ2n) is 9.69. The van der Waals surface area contributed by atoms with E-state index in [1.165, 1.54) is 7.11 Å². The van der Waals surface area contributed by atoms with E-state index in [0.29, 0.717) is 41.1 Å². The van der Waals surface area contributed by atoms with Crippen LogP contribution in [-0.2, 0) is 33.8 Å². The molecule has 8 heteroatoms. The molecule has 0 heterocycles. The number of aliphatic hydroxyl groups is 2. The first-order valence-electron chi connectivity index (χ1n) is 12.7. The number of alkyl carbamates (subject to hydrolysis) is 1. The molecule has 206 valence electrons. The summed E-state index contributed by atoms with van der Waals surface area (Å²) in [6.07, 6.45) is 2.18. The number of methoxy groups -OCH3 is 1. The number of hydrogen-bond acceptors (Lipinski definition) is 7. The maximum atomic E-state index is 12.1. The van der Waals surface area contributed by atoms with Crippen LogP contribution in [0.5, 0.6) is 5.75 Å². The molecule has 0 saturated heterocycles. The van der Waals surface area contributed by atoms with Crippen LogP contribution in [0.15, 0.2) is 60.1 Å². The molecule has 0 bridgehead atoms. The number of allylic oxidation sites excluding steroid dienone is 4. The number of esters is 1. The lowest BCUT2D eigenvalue weighted by Crippen LogP contribution is -2.32. The molecule has 1 amide bonds. The minimum atomic E-state index is -0.592. The number of benzene rings is 2. The van der Waals surface area contributed by atoms with Gasteiger partial charge in [0, 0.05) is 30.5 Å². The summed E-state index contributed by atoms with van der Waals surface area (Å²) in [5, 5.41) is 23.1. The van der Waals surface area contributed by atoms with Crippen molar-refractivity contribution in [2.45, 2.75) is 72.6 Å². The molecule has 0 aliphatic heterocycles. The van der Waals surface area contributed by atoms with Gasteiger partial charge in [-0.1, -0.05) is 38.1 Å². The fraction of sp³-hybridized carbons (Fsp3) is 0.400. The summed E-state index contributed by atoms with van der Waals surface area (Å²) in [5.74, 6) is 0.793. The van der Waals surface area contributed by atoms with Crippen LogP contribution in [0, 0.1) is 0 Å². The van der Waals surface area contributed by atoms with Gasteiger partial charge >= 0.3 is 12.1 Å². The predicted octanol–water partition coefficient (Wildman–Crippen LogP) is 5.97. The lowest BCUT2D eigenvalue weighted by Gasteiger charge is -2.19. The molecule has 0 aliphatic carbocycles. The Hall–Kier alpha value is -3.78. The van der Waals surface area contributed by atoms with Gasteiger partial charge in [-0.15, -0.1) is 0 Å². The van der Waals surface area contributed by atoms with Crippen LogP contribution in [0.2, 0.25) is 0 Å². The first-order chi connectivity index (χ1) is 18.0. The van der Waals surface area contributed by atoms with Gasteiger partial charge in [0.2, 0.25) is 0 Å². The first-order valence-corrected chi connectivity index (χ1v) is 12.7. The molecule has 2 aromatic carbocycles. The van der Waals surface area contributed by atoms with Gasteiger partial charge in [-0.05, 0) is 61.7 Å². The van der Waals surface area contributed by atoms with E-state index >= 15 is 0 Å². The van der Waals surface area contributed by atoms with Crippen molar-refractivity contribution in [2.24, 2.45) is 0 Å². The zero-order valence-corrected chi connectivity index (χ0v) is 23.1. The molecule has 0 fully saturated rings. The summed E-state index contributed by atoms with van der Waals surface area (Å²) in [4.78, 5) is 24.0. The van der Waals surface area contributed by atoms with E-state index in [9.17, 15) is 19.8 Å². The molecular formula is C30H39NO7. The Labute approximate surface area is 224 Å². The van der Waals surface area contributed by atoms with E-state index in [2.05, 4.69) is 5.32 Å². The normalized spacial score (nSPS) is 12.4. The minimum absolute atomic E-state index is 0.00767. The molecule has 2 aromatic rings. The largest absolute Gasteiger partial charge is 0.512 e. The molecule has 8 nitrogen and oxygen atoms in total. The van der Waals surface area contributed by atoms with Crippen molar-refractivity contribution >= 4 is 17.6 Å². The van der Waals surface area contributed by atoms with Gasteiger partial charge in [0.1, 0.15) is 17.1 Å². The zero-order valence-electron chi connectivity index (χ0n) is 23.1. The SMILES string of the molecule is CC/C(O)=C(\C=C(/CC)Oc1ccc(CO)cc1CC(=O)OC)c1cccc(CNC(=O)OC(C)(C)C)c1. The number of ether oxygens (including phenoxy) is 3. The van der Waals surface area contributed by atoms with E-state index in [1.807, 2.05) is 38.1 Å². The van der Waals surface area contributed by atoms with E-state index in [1.54, 1.807) is 45.0 Å². The molecule has 3 N–H and O–H groups in total. The highest BCUT2D eigenvalue weighted by Gasteiger charge is 2.17. The Kier molecular flexibility index (Phi) is 11.4. The molecule has 0 saturated carbocycles. The highest BCUT2D eigenvalue weighted by atomic mass is 16.6. The smallest absolute Gasteiger partial charge is 0.407 e. The van der Waals surface area contributed by atoms with Crippen LogP contribution in [0.1, 0.15) is 69.7 Å². The van der Waals surface area contributed by atoms with Crippen molar-refractivity contribution in [3.8, 4) is 5.75 Å². The van der Waals surface area contributed by atoms with E-state index in [-0.39, 0.29) is 25.3 Å². The van der Waals surface area contributed by atoms with Gasteiger partial charge in [0.05, 0.1) is 25.9 Å². The number of hydrogen-bond donors (Lipinski definition) is 3. The summed E-state index contributed by atoms with van der Waals surface area (Å²) in [5.41, 5.74) is 2.83. The van der Waals surface area contributed by atoms with Gasteiger partial charge in [-0.25, -0.2) is 4.79 Å². The number of nitrogens with one attached hydrogen (secondary N) is 1. The Morgan fingerprint density at radius 1 is 1.03 bits per heavy atom. The fourth-order valence-corrected chi connectivity index (χ4v) is 3.56. The number of carbonyl (C=O) groups excluding carboxylic acids is 2. The van der Waals surface area contributed by atoms with E-state index in [4.69, 9.17) is 14.2 Å². The molecule has 0 radical (unpaired) electrons. The maximum absolute atomic E-state index is 12.1. The van der Waals surface area contributed by atoms with Gasteiger partial charge in [0.15, 0.2) is 0 Å². The Bertz CT molecular complexity index is 1180. The van der Waals surface area contributed by atoms with Gasteiger partial charge < -0.3 is 29.7 Å².